The van der Waals surface area contributed by atoms with Crippen molar-refractivity contribution < 1.29 is 14.3 Å². The molecular formula is C14H15FN2O2. The van der Waals surface area contributed by atoms with Crippen molar-refractivity contribution in [2.45, 2.75) is 19.5 Å². The third kappa shape index (κ3) is 2.81. The fraction of sp³-hybridized carbons (Fsp3) is 0.286. The number of alkyl halides is 1. The van der Waals surface area contributed by atoms with Crippen LogP contribution in [0.3, 0.4) is 0 Å². The molecular weight excluding hydrogens is 247 g/mol. The molecule has 0 aliphatic carbocycles. The SMILES string of the molecule is CC(F)Cc1ccccc1-c1cc(C(=O)O)nn1C. The van der Waals surface area contributed by atoms with E-state index in [1.807, 2.05) is 24.3 Å². The van der Waals surface area contributed by atoms with Crippen molar-refractivity contribution in [1.82, 2.24) is 9.78 Å². The van der Waals surface area contributed by atoms with Crippen LogP contribution in [0.4, 0.5) is 4.39 Å². The van der Waals surface area contributed by atoms with E-state index >= 15 is 0 Å². The van der Waals surface area contributed by atoms with Crippen LogP contribution < -0.4 is 0 Å². The molecule has 0 amide bonds. The Morgan fingerprint density at radius 1 is 1.47 bits per heavy atom. The Morgan fingerprint density at radius 2 is 2.16 bits per heavy atom. The first-order valence-electron chi connectivity index (χ1n) is 5.98. The molecule has 0 saturated carbocycles. The van der Waals surface area contributed by atoms with Gasteiger partial charge >= 0.3 is 5.97 Å². The summed E-state index contributed by atoms with van der Waals surface area (Å²) in [6.45, 7) is 1.50. The zero-order valence-corrected chi connectivity index (χ0v) is 10.8. The van der Waals surface area contributed by atoms with Crippen LogP contribution >= 0.6 is 0 Å². The van der Waals surface area contributed by atoms with Gasteiger partial charge in [0.25, 0.3) is 0 Å². The minimum atomic E-state index is -1.07. The highest BCUT2D eigenvalue weighted by molar-refractivity contribution is 5.87. The third-order valence-corrected chi connectivity index (χ3v) is 2.89. The molecule has 0 aliphatic rings. The van der Waals surface area contributed by atoms with E-state index in [2.05, 4.69) is 5.10 Å². The van der Waals surface area contributed by atoms with E-state index in [1.165, 1.54) is 17.7 Å². The number of carboxylic acids is 1. The number of hydrogen-bond donors (Lipinski definition) is 1. The molecule has 1 unspecified atom stereocenters. The lowest BCUT2D eigenvalue weighted by Gasteiger charge is -2.10. The van der Waals surface area contributed by atoms with E-state index in [1.54, 1.807) is 7.05 Å². The Balaban J connectivity index is 2.49. The highest BCUT2D eigenvalue weighted by atomic mass is 19.1. The minimum absolute atomic E-state index is 0.0133. The molecule has 1 aromatic carbocycles. The molecule has 5 heteroatoms. The molecule has 1 aromatic heterocycles. The normalized spacial score (nSPS) is 12.4. The van der Waals surface area contributed by atoms with Crippen LogP contribution in [0.25, 0.3) is 11.3 Å². The number of halogens is 1. The summed E-state index contributed by atoms with van der Waals surface area (Å²) in [5.74, 6) is -1.07. The van der Waals surface area contributed by atoms with Crippen LogP contribution in [0.15, 0.2) is 30.3 Å². The largest absolute Gasteiger partial charge is 0.476 e. The molecule has 0 spiro atoms. The first kappa shape index (κ1) is 13.3. The summed E-state index contributed by atoms with van der Waals surface area (Å²) in [6.07, 6.45) is -0.655. The lowest BCUT2D eigenvalue weighted by Crippen LogP contribution is -2.02. The zero-order chi connectivity index (χ0) is 14.0. The standard InChI is InChI=1S/C14H15FN2O2/c1-9(15)7-10-5-3-4-6-11(10)13-8-12(14(18)19)16-17(13)2/h3-6,8-9H,7H2,1-2H3,(H,18,19). The number of aromatic carboxylic acids is 1. The Labute approximate surface area is 110 Å². The van der Waals surface area contributed by atoms with Gasteiger partial charge in [0.1, 0.15) is 6.17 Å². The highest BCUT2D eigenvalue weighted by Gasteiger charge is 2.15. The summed E-state index contributed by atoms with van der Waals surface area (Å²) in [4.78, 5) is 10.9. The second kappa shape index (κ2) is 5.22. The molecule has 0 bridgehead atoms. The summed E-state index contributed by atoms with van der Waals surface area (Å²) < 4.78 is 14.7. The van der Waals surface area contributed by atoms with Crippen LogP contribution in [-0.4, -0.2) is 27.0 Å². The summed E-state index contributed by atoms with van der Waals surface area (Å²) in [7, 11) is 1.68. The van der Waals surface area contributed by atoms with Crippen LogP contribution in [0, 0.1) is 0 Å². The molecule has 2 aromatic rings. The van der Waals surface area contributed by atoms with Crippen molar-refractivity contribution in [2.75, 3.05) is 0 Å². The van der Waals surface area contributed by atoms with Gasteiger partial charge in [-0.25, -0.2) is 9.18 Å². The number of carbonyl (C=O) groups is 1. The smallest absolute Gasteiger partial charge is 0.356 e. The van der Waals surface area contributed by atoms with Gasteiger partial charge in [0.2, 0.25) is 0 Å². The molecule has 0 aliphatic heterocycles. The minimum Gasteiger partial charge on any atom is -0.476 e. The second-order valence-corrected chi connectivity index (χ2v) is 4.49. The summed E-state index contributed by atoms with van der Waals surface area (Å²) in [5, 5.41) is 12.9. The highest BCUT2D eigenvalue weighted by Crippen LogP contribution is 2.25. The van der Waals surface area contributed by atoms with Gasteiger partial charge in [-0.2, -0.15) is 5.10 Å². The molecule has 1 atom stereocenters. The van der Waals surface area contributed by atoms with Gasteiger partial charge < -0.3 is 5.11 Å². The molecule has 0 fully saturated rings. The van der Waals surface area contributed by atoms with Crippen molar-refractivity contribution in [3.63, 3.8) is 0 Å². The van der Waals surface area contributed by atoms with Gasteiger partial charge in [0.05, 0.1) is 5.69 Å². The average Bonchev–Trinajstić information content (AvgIpc) is 2.71. The maximum absolute atomic E-state index is 13.2. The number of nitrogens with zero attached hydrogens (tertiary/aromatic N) is 2. The molecule has 19 heavy (non-hydrogen) atoms. The predicted molar refractivity (Wildman–Crippen MR) is 69.9 cm³/mol. The van der Waals surface area contributed by atoms with Gasteiger partial charge in [0, 0.05) is 19.0 Å². The van der Waals surface area contributed by atoms with Crippen LogP contribution in [0.5, 0.6) is 0 Å². The molecule has 1 N–H and O–H groups in total. The Hall–Kier alpha value is -2.17. The summed E-state index contributed by atoms with van der Waals surface area (Å²) in [5.41, 5.74) is 2.32. The van der Waals surface area contributed by atoms with Crippen LogP contribution in [-0.2, 0) is 13.5 Å². The van der Waals surface area contributed by atoms with Crippen molar-refractivity contribution >= 4 is 5.97 Å². The molecule has 100 valence electrons. The van der Waals surface area contributed by atoms with Gasteiger partial charge in [-0.05, 0) is 18.6 Å². The third-order valence-electron chi connectivity index (χ3n) is 2.89. The van der Waals surface area contributed by atoms with Crippen molar-refractivity contribution in [3.8, 4) is 11.3 Å². The van der Waals surface area contributed by atoms with E-state index in [9.17, 15) is 9.18 Å². The van der Waals surface area contributed by atoms with Gasteiger partial charge in [-0.1, -0.05) is 24.3 Å². The average molecular weight is 262 g/mol. The lowest BCUT2D eigenvalue weighted by molar-refractivity contribution is 0.0689. The number of aromatic nitrogens is 2. The summed E-state index contributed by atoms with van der Waals surface area (Å²) >= 11 is 0. The van der Waals surface area contributed by atoms with Gasteiger partial charge in [-0.15, -0.1) is 0 Å². The van der Waals surface area contributed by atoms with E-state index < -0.39 is 12.1 Å². The summed E-state index contributed by atoms with van der Waals surface area (Å²) in [6, 6.07) is 8.88. The van der Waals surface area contributed by atoms with Crippen molar-refractivity contribution in [3.05, 3.63) is 41.6 Å². The number of benzene rings is 1. The van der Waals surface area contributed by atoms with E-state index in [4.69, 9.17) is 5.11 Å². The topological polar surface area (TPSA) is 55.1 Å². The van der Waals surface area contributed by atoms with E-state index in [-0.39, 0.29) is 5.69 Å². The fourth-order valence-corrected chi connectivity index (χ4v) is 2.08. The Kier molecular flexibility index (Phi) is 3.64. The fourth-order valence-electron chi connectivity index (χ4n) is 2.08. The maximum Gasteiger partial charge on any atom is 0.356 e. The van der Waals surface area contributed by atoms with Gasteiger partial charge in [-0.3, -0.25) is 4.68 Å². The number of rotatable bonds is 4. The maximum atomic E-state index is 13.2. The number of aryl methyl sites for hydroxylation is 1. The van der Waals surface area contributed by atoms with Crippen LogP contribution in [0.1, 0.15) is 23.0 Å². The first-order valence-corrected chi connectivity index (χ1v) is 5.98. The number of carboxylic acid groups (broad SMARTS) is 1. The number of hydrogen-bond acceptors (Lipinski definition) is 2. The molecule has 2 rings (SSSR count). The molecule has 4 nitrogen and oxygen atoms in total. The molecule has 1 heterocycles. The van der Waals surface area contributed by atoms with Gasteiger partial charge in [0.15, 0.2) is 5.69 Å². The van der Waals surface area contributed by atoms with Crippen molar-refractivity contribution in [2.24, 2.45) is 7.05 Å². The second-order valence-electron chi connectivity index (χ2n) is 4.49. The van der Waals surface area contributed by atoms with E-state index in [0.717, 1.165) is 11.1 Å². The monoisotopic (exact) mass is 262 g/mol. The first-order chi connectivity index (χ1) is 8.99. The quantitative estimate of drug-likeness (QED) is 0.921. The van der Waals surface area contributed by atoms with Crippen molar-refractivity contribution in [1.29, 1.82) is 0 Å². The predicted octanol–water partition coefficient (Wildman–Crippen LogP) is 2.69. The Morgan fingerprint density at radius 3 is 2.74 bits per heavy atom. The molecule has 0 radical (unpaired) electrons. The lowest BCUT2D eigenvalue weighted by atomic mass is 10.00. The molecule has 0 saturated heterocycles. The Bertz CT molecular complexity index is 605. The van der Waals surface area contributed by atoms with Crippen LogP contribution in [0.2, 0.25) is 0 Å². The zero-order valence-electron chi connectivity index (χ0n) is 10.8. The van der Waals surface area contributed by atoms with E-state index in [0.29, 0.717) is 12.1 Å².